The van der Waals surface area contributed by atoms with E-state index < -0.39 is 12.5 Å². The van der Waals surface area contributed by atoms with Gasteiger partial charge in [-0.05, 0) is 13.0 Å². The van der Waals surface area contributed by atoms with E-state index in [0.29, 0.717) is 28.0 Å². The first-order chi connectivity index (χ1) is 13.4. The van der Waals surface area contributed by atoms with Crippen LogP contribution in [0.25, 0.3) is 22.3 Å². The number of rotatable bonds is 7. The summed E-state index contributed by atoms with van der Waals surface area (Å²) in [6, 6.07) is 11.2. The minimum absolute atomic E-state index is 0.172. The molecule has 0 radical (unpaired) electrons. The molecule has 0 aliphatic carbocycles. The quantitative estimate of drug-likeness (QED) is 0.672. The molecule has 28 heavy (non-hydrogen) atoms. The molecule has 0 atom stereocenters. The average molecular weight is 382 g/mol. The van der Waals surface area contributed by atoms with Gasteiger partial charge in [0, 0.05) is 26.3 Å². The van der Waals surface area contributed by atoms with Gasteiger partial charge in [0.05, 0.1) is 28.9 Å². The molecule has 8 heteroatoms. The molecular weight excluding hydrogens is 360 g/mol. The van der Waals surface area contributed by atoms with Gasteiger partial charge in [0.25, 0.3) is 5.91 Å². The monoisotopic (exact) mass is 382 g/mol. The second-order valence-electron chi connectivity index (χ2n) is 6.44. The molecular formula is C20H22N4O4. The molecule has 0 aliphatic heterocycles. The van der Waals surface area contributed by atoms with Gasteiger partial charge in [0.15, 0.2) is 5.65 Å². The number of carboxylic acid groups (broad SMARTS) is 1. The van der Waals surface area contributed by atoms with Gasteiger partial charge in [-0.2, -0.15) is 5.10 Å². The number of carboxylic acids is 1. The Morgan fingerprint density at radius 3 is 2.61 bits per heavy atom. The second kappa shape index (κ2) is 8.18. The maximum Gasteiger partial charge on any atom is 0.323 e. The molecule has 1 N–H and O–H groups in total. The first-order valence-electron chi connectivity index (χ1n) is 8.82. The third-order valence-corrected chi connectivity index (χ3v) is 4.45. The normalized spacial score (nSPS) is 11.0. The molecule has 1 amide bonds. The van der Waals surface area contributed by atoms with Crippen LogP contribution in [-0.4, -0.2) is 63.5 Å². The van der Waals surface area contributed by atoms with Crippen molar-refractivity contribution in [3.63, 3.8) is 0 Å². The van der Waals surface area contributed by atoms with E-state index in [1.165, 1.54) is 12.0 Å². The van der Waals surface area contributed by atoms with Crippen LogP contribution in [0.15, 0.2) is 36.4 Å². The number of benzene rings is 1. The Morgan fingerprint density at radius 2 is 1.96 bits per heavy atom. The lowest BCUT2D eigenvalue weighted by Gasteiger charge is -2.21. The summed E-state index contributed by atoms with van der Waals surface area (Å²) in [6.45, 7) is 1.81. The van der Waals surface area contributed by atoms with E-state index >= 15 is 0 Å². The number of aryl methyl sites for hydroxylation is 2. The summed E-state index contributed by atoms with van der Waals surface area (Å²) in [4.78, 5) is 30.5. The Kier molecular flexibility index (Phi) is 5.70. The number of ether oxygens (including phenoxy) is 1. The van der Waals surface area contributed by atoms with Crippen LogP contribution in [0.3, 0.4) is 0 Å². The van der Waals surface area contributed by atoms with Gasteiger partial charge in [-0.3, -0.25) is 14.3 Å². The Balaban J connectivity index is 2.17. The molecule has 0 saturated carbocycles. The molecule has 0 unspecified atom stereocenters. The van der Waals surface area contributed by atoms with Crippen molar-refractivity contribution in [3.8, 4) is 11.3 Å². The Bertz CT molecular complexity index is 1010. The fourth-order valence-electron chi connectivity index (χ4n) is 3.16. The van der Waals surface area contributed by atoms with Gasteiger partial charge in [0.2, 0.25) is 0 Å². The fourth-order valence-corrected chi connectivity index (χ4v) is 3.16. The van der Waals surface area contributed by atoms with Crippen LogP contribution < -0.4 is 0 Å². The van der Waals surface area contributed by atoms with Gasteiger partial charge in [-0.1, -0.05) is 30.3 Å². The predicted octanol–water partition coefficient (Wildman–Crippen LogP) is 2.12. The van der Waals surface area contributed by atoms with Crippen molar-refractivity contribution >= 4 is 22.9 Å². The molecule has 0 spiro atoms. The van der Waals surface area contributed by atoms with E-state index in [4.69, 9.17) is 4.74 Å². The molecule has 2 heterocycles. The zero-order valence-corrected chi connectivity index (χ0v) is 16.0. The first-order valence-corrected chi connectivity index (χ1v) is 8.82. The number of methoxy groups -OCH3 is 1. The Morgan fingerprint density at radius 1 is 1.25 bits per heavy atom. The third kappa shape index (κ3) is 3.86. The zero-order valence-electron chi connectivity index (χ0n) is 16.0. The predicted molar refractivity (Wildman–Crippen MR) is 104 cm³/mol. The lowest BCUT2D eigenvalue weighted by atomic mass is 10.0. The van der Waals surface area contributed by atoms with Crippen LogP contribution in [0.4, 0.5) is 0 Å². The summed E-state index contributed by atoms with van der Waals surface area (Å²) < 4.78 is 6.66. The lowest BCUT2D eigenvalue weighted by molar-refractivity contribution is -0.137. The summed E-state index contributed by atoms with van der Waals surface area (Å²) in [5.74, 6) is -1.47. The lowest BCUT2D eigenvalue weighted by Crippen LogP contribution is -2.38. The molecule has 0 bridgehead atoms. The highest BCUT2D eigenvalue weighted by atomic mass is 16.5. The number of hydrogen-bond donors (Lipinski definition) is 1. The number of aliphatic carboxylic acids is 1. The van der Waals surface area contributed by atoms with Crippen molar-refractivity contribution in [1.29, 1.82) is 0 Å². The molecule has 1 aromatic carbocycles. The van der Waals surface area contributed by atoms with E-state index in [-0.39, 0.29) is 19.1 Å². The van der Waals surface area contributed by atoms with Crippen LogP contribution in [0.2, 0.25) is 0 Å². The number of carbonyl (C=O) groups excluding carboxylic acids is 1. The average Bonchev–Trinajstić information content (AvgIpc) is 2.98. The summed E-state index contributed by atoms with van der Waals surface area (Å²) in [5.41, 5.74) is 3.10. The van der Waals surface area contributed by atoms with Crippen LogP contribution in [0.1, 0.15) is 16.1 Å². The van der Waals surface area contributed by atoms with Gasteiger partial charge in [-0.15, -0.1) is 0 Å². The van der Waals surface area contributed by atoms with Gasteiger partial charge >= 0.3 is 5.97 Å². The van der Waals surface area contributed by atoms with Crippen molar-refractivity contribution in [2.45, 2.75) is 6.92 Å². The van der Waals surface area contributed by atoms with E-state index in [1.54, 1.807) is 24.7 Å². The van der Waals surface area contributed by atoms with Crippen molar-refractivity contribution in [3.05, 3.63) is 47.7 Å². The third-order valence-electron chi connectivity index (χ3n) is 4.45. The summed E-state index contributed by atoms with van der Waals surface area (Å²) in [6.07, 6.45) is 0. The van der Waals surface area contributed by atoms with E-state index in [1.807, 2.05) is 30.3 Å². The van der Waals surface area contributed by atoms with Crippen LogP contribution >= 0.6 is 0 Å². The molecule has 3 aromatic rings. The fraction of sp³-hybridized carbons (Fsp3) is 0.300. The number of nitrogens with zero attached hydrogens (tertiary/aromatic N) is 4. The molecule has 146 valence electrons. The highest BCUT2D eigenvalue weighted by Gasteiger charge is 2.24. The van der Waals surface area contributed by atoms with Gasteiger partial charge in [-0.25, -0.2) is 4.98 Å². The van der Waals surface area contributed by atoms with Crippen molar-refractivity contribution < 1.29 is 19.4 Å². The van der Waals surface area contributed by atoms with Crippen molar-refractivity contribution in [2.24, 2.45) is 7.05 Å². The maximum atomic E-state index is 13.3. The number of fused-ring (bicyclic) bond motifs is 1. The Labute approximate surface area is 162 Å². The van der Waals surface area contributed by atoms with Crippen molar-refractivity contribution in [2.75, 3.05) is 26.8 Å². The number of carbonyl (C=O) groups is 2. The first kappa shape index (κ1) is 19.5. The molecule has 0 aliphatic rings. The molecule has 0 fully saturated rings. The van der Waals surface area contributed by atoms with E-state index in [2.05, 4.69) is 10.1 Å². The number of hydrogen-bond acceptors (Lipinski definition) is 5. The SMILES string of the molecule is COCCN(CC(=O)O)C(=O)c1cc(-c2ccccc2)nc2c1c(C)nn2C. The summed E-state index contributed by atoms with van der Waals surface area (Å²) in [5, 5.41) is 14.2. The topological polar surface area (TPSA) is 97.6 Å². The highest BCUT2D eigenvalue weighted by Crippen LogP contribution is 2.27. The van der Waals surface area contributed by atoms with Crippen molar-refractivity contribution in [1.82, 2.24) is 19.7 Å². The molecule has 3 rings (SSSR count). The van der Waals surface area contributed by atoms with E-state index in [0.717, 1.165) is 5.56 Å². The maximum absolute atomic E-state index is 13.3. The number of aromatic nitrogens is 3. The molecule has 0 saturated heterocycles. The number of amides is 1. The smallest absolute Gasteiger partial charge is 0.323 e. The van der Waals surface area contributed by atoms with Gasteiger partial charge < -0.3 is 14.7 Å². The summed E-state index contributed by atoms with van der Waals surface area (Å²) >= 11 is 0. The van der Waals surface area contributed by atoms with Crippen LogP contribution in [0, 0.1) is 6.92 Å². The second-order valence-corrected chi connectivity index (χ2v) is 6.44. The minimum atomic E-state index is -1.08. The minimum Gasteiger partial charge on any atom is -0.480 e. The van der Waals surface area contributed by atoms with Gasteiger partial charge in [0.1, 0.15) is 6.54 Å². The zero-order chi connectivity index (χ0) is 20.3. The van der Waals surface area contributed by atoms with Crippen LogP contribution in [0.5, 0.6) is 0 Å². The standard InChI is InChI=1S/C20H22N4O4/c1-13-18-15(20(27)24(9-10-28-3)12-17(25)26)11-16(14-7-5-4-6-8-14)21-19(18)23(2)22-13/h4-8,11H,9-10,12H2,1-3H3,(H,25,26). The Hall–Kier alpha value is -3.26. The highest BCUT2D eigenvalue weighted by molar-refractivity contribution is 6.08. The van der Waals surface area contributed by atoms with Crippen LogP contribution in [-0.2, 0) is 16.6 Å². The largest absolute Gasteiger partial charge is 0.480 e. The van der Waals surface area contributed by atoms with E-state index in [9.17, 15) is 14.7 Å². The molecule has 8 nitrogen and oxygen atoms in total. The summed E-state index contributed by atoms with van der Waals surface area (Å²) in [7, 11) is 3.28. The number of pyridine rings is 1. The molecule has 2 aromatic heterocycles.